The second-order valence-electron chi connectivity index (χ2n) is 7.98. The van der Waals surface area contributed by atoms with Crippen molar-refractivity contribution in [2.45, 2.75) is 6.42 Å². The van der Waals surface area contributed by atoms with Crippen LogP contribution in [-0.2, 0) is 11.2 Å². The number of aromatic nitrogens is 1. The minimum absolute atomic E-state index is 0.0359. The Morgan fingerprint density at radius 1 is 1.00 bits per heavy atom. The number of pyridine rings is 1. The minimum atomic E-state index is -0.326. The maximum Gasteiger partial charge on any atom is 0.253 e. The fourth-order valence-electron chi connectivity index (χ4n) is 4.26. The zero-order valence-electron chi connectivity index (χ0n) is 18.1. The second kappa shape index (κ2) is 10.1. The number of rotatable bonds is 6. The molecule has 0 aliphatic carbocycles. The first-order valence-electron chi connectivity index (χ1n) is 10.9. The summed E-state index contributed by atoms with van der Waals surface area (Å²) in [5, 5.41) is 0. The molecule has 1 aliphatic heterocycles. The Balaban J connectivity index is 1.64. The third-order valence-corrected chi connectivity index (χ3v) is 5.87. The summed E-state index contributed by atoms with van der Waals surface area (Å²) < 4.78 is 0. The summed E-state index contributed by atoms with van der Waals surface area (Å²) in [6.07, 6.45) is 5.85. The van der Waals surface area contributed by atoms with Gasteiger partial charge in [0.25, 0.3) is 5.91 Å². The molecular formula is C27H27N3O2. The van der Waals surface area contributed by atoms with Gasteiger partial charge in [0.15, 0.2) is 0 Å². The fraction of sp³-hybridized carbons (Fsp3) is 0.222. The summed E-state index contributed by atoms with van der Waals surface area (Å²) >= 11 is 0. The minimum Gasteiger partial charge on any atom is -0.337 e. The molecule has 5 nitrogen and oxygen atoms in total. The van der Waals surface area contributed by atoms with Gasteiger partial charge in [-0.2, -0.15) is 0 Å². The van der Waals surface area contributed by atoms with Crippen molar-refractivity contribution in [1.29, 1.82) is 0 Å². The van der Waals surface area contributed by atoms with Gasteiger partial charge in [0.05, 0.1) is 5.92 Å². The van der Waals surface area contributed by atoms with Crippen molar-refractivity contribution in [1.82, 2.24) is 14.8 Å². The summed E-state index contributed by atoms with van der Waals surface area (Å²) in [6, 6.07) is 21.4. The molecule has 0 spiro atoms. The van der Waals surface area contributed by atoms with Crippen LogP contribution in [0.5, 0.6) is 0 Å². The van der Waals surface area contributed by atoms with Crippen molar-refractivity contribution in [3.05, 3.63) is 103 Å². The van der Waals surface area contributed by atoms with Gasteiger partial charge in [0.2, 0.25) is 5.91 Å². The Kier molecular flexibility index (Phi) is 6.75. The largest absolute Gasteiger partial charge is 0.337 e. The maximum absolute atomic E-state index is 13.4. The zero-order chi connectivity index (χ0) is 22.3. The molecule has 3 aromatic rings. The lowest BCUT2D eigenvalue weighted by Crippen LogP contribution is -2.38. The SMILES string of the molecule is C=CCN1CCN(C(=O)c2ccccc2)CC(Cc2ccccc2-c2ccncc2)C1=O. The van der Waals surface area contributed by atoms with Crippen LogP contribution >= 0.6 is 0 Å². The topological polar surface area (TPSA) is 53.5 Å². The van der Waals surface area contributed by atoms with Crippen LogP contribution < -0.4 is 0 Å². The monoisotopic (exact) mass is 425 g/mol. The van der Waals surface area contributed by atoms with Gasteiger partial charge < -0.3 is 9.80 Å². The molecule has 1 unspecified atom stereocenters. The maximum atomic E-state index is 13.4. The highest BCUT2D eigenvalue weighted by molar-refractivity contribution is 5.95. The van der Waals surface area contributed by atoms with Crippen LogP contribution in [-0.4, -0.2) is 52.8 Å². The first-order valence-corrected chi connectivity index (χ1v) is 10.9. The van der Waals surface area contributed by atoms with E-state index in [1.54, 1.807) is 18.5 Å². The van der Waals surface area contributed by atoms with E-state index in [4.69, 9.17) is 0 Å². The third kappa shape index (κ3) is 4.78. The second-order valence-corrected chi connectivity index (χ2v) is 7.98. The lowest BCUT2D eigenvalue weighted by Gasteiger charge is -2.24. The van der Waals surface area contributed by atoms with Gasteiger partial charge >= 0.3 is 0 Å². The first-order chi connectivity index (χ1) is 15.7. The van der Waals surface area contributed by atoms with Crippen molar-refractivity contribution < 1.29 is 9.59 Å². The van der Waals surface area contributed by atoms with E-state index in [0.29, 0.717) is 38.2 Å². The molecule has 1 aliphatic rings. The molecule has 0 radical (unpaired) electrons. The van der Waals surface area contributed by atoms with E-state index in [9.17, 15) is 9.59 Å². The van der Waals surface area contributed by atoms with Gasteiger partial charge in [-0.05, 0) is 47.4 Å². The van der Waals surface area contributed by atoms with Crippen LogP contribution in [0.2, 0.25) is 0 Å². The molecule has 4 rings (SSSR count). The van der Waals surface area contributed by atoms with Gasteiger partial charge in [-0.25, -0.2) is 0 Å². The van der Waals surface area contributed by atoms with E-state index >= 15 is 0 Å². The van der Waals surface area contributed by atoms with Crippen molar-refractivity contribution in [3.63, 3.8) is 0 Å². The summed E-state index contributed by atoms with van der Waals surface area (Å²) in [7, 11) is 0. The summed E-state index contributed by atoms with van der Waals surface area (Å²) in [4.78, 5) is 34.3. The highest BCUT2D eigenvalue weighted by Crippen LogP contribution is 2.27. The van der Waals surface area contributed by atoms with Gasteiger partial charge in [-0.3, -0.25) is 14.6 Å². The molecule has 1 fully saturated rings. The van der Waals surface area contributed by atoms with Crippen LogP contribution in [0.4, 0.5) is 0 Å². The number of carbonyl (C=O) groups excluding carboxylic acids is 2. The Morgan fingerprint density at radius 2 is 1.72 bits per heavy atom. The quantitative estimate of drug-likeness (QED) is 0.559. The number of hydrogen-bond acceptors (Lipinski definition) is 3. The Hall–Kier alpha value is -3.73. The average Bonchev–Trinajstić information content (AvgIpc) is 3.00. The third-order valence-electron chi connectivity index (χ3n) is 5.87. The van der Waals surface area contributed by atoms with E-state index < -0.39 is 0 Å². The zero-order valence-corrected chi connectivity index (χ0v) is 18.1. The Bertz CT molecular complexity index is 1080. The molecule has 2 heterocycles. The molecule has 1 aromatic heterocycles. The number of carbonyl (C=O) groups is 2. The average molecular weight is 426 g/mol. The molecule has 5 heteroatoms. The highest BCUT2D eigenvalue weighted by atomic mass is 16.2. The molecular weight excluding hydrogens is 398 g/mol. The van der Waals surface area contributed by atoms with Crippen LogP contribution in [0, 0.1) is 5.92 Å². The normalized spacial score (nSPS) is 16.5. The van der Waals surface area contributed by atoms with Crippen LogP contribution in [0.3, 0.4) is 0 Å². The van der Waals surface area contributed by atoms with Gasteiger partial charge in [-0.1, -0.05) is 48.5 Å². The standard InChI is InChI=1S/C27H27N3O2/c1-2-16-29-17-18-30(26(31)22-8-4-3-5-9-22)20-24(27(29)32)19-23-10-6-7-11-25(23)21-12-14-28-15-13-21/h2-15,24H,1,16-20H2. The number of amides is 2. The van der Waals surface area contributed by atoms with Crippen molar-refractivity contribution >= 4 is 11.8 Å². The molecule has 2 amide bonds. The lowest BCUT2D eigenvalue weighted by molar-refractivity contribution is -0.134. The molecule has 2 aromatic carbocycles. The lowest BCUT2D eigenvalue weighted by atomic mass is 9.91. The van der Waals surface area contributed by atoms with Gasteiger partial charge in [0, 0.05) is 44.1 Å². The summed E-state index contributed by atoms with van der Waals surface area (Å²) in [5.41, 5.74) is 3.89. The van der Waals surface area contributed by atoms with E-state index in [0.717, 1.165) is 16.7 Å². The first kappa shape index (κ1) is 21.5. The molecule has 32 heavy (non-hydrogen) atoms. The summed E-state index contributed by atoms with van der Waals surface area (Å²) in [6.45, 7) is 5.69. The molecule has 0 saturated carbocycles. The Labute approximate surface area is 189 Å². The summed E-state index contributed by atoms with van der Waals surface area (Å²) in [5.74, 6) is -0.294. The smallest absolute Gasteiger partial charge is 0.253 e. The van der Waals surface area contributed by atoms with E-state index in [1.165, 1.54) is 0 Å². The Morgan fingerprint density at radius 3 is 2.47 bits per heavy atom. The fourth-order valence-corrected chi connectivity index (χ4v) is 4.26. The molecule has 0 N–H and O–H groups in total. The molecule has 1 saturated heterocycles. The van der Waals surface area contributed by atoms with Gasteiger partial charge in [-0.15, -0.1) is 6.58 Å². The van der Waals surface area contributed by atoms with Gasteiger partial charge in [0.1, 0.15) is 0 Å². The van der Waals surface area contributed by atoms with E-state index in [1.807, 2.05) is 64.4 Å². The van der Waals surface area contributed by atoms with Crippen molar-refractivity contribution in [2.75, 3.05) is 26.2 Å². The van der Waals surface area contributed by atoms with Crippen LogP contribution in [0.25, 0.3) is 11.1 Å². The van der Waals surface area contributed by atoms with Crippen LogP contribution in [0.1, 0.15) is 15.9 Å². The van der Waals surface area contributed by atoms with Crippen LogP contribution in [0.15, 0.2) is 91.8 Å². The van der Waals surface area contributed by atoms with Crippen molar-refractivity contribution in [2.24, 2.45) is 5.92 Å². The molecule has 1 atom stereocenters. The number of benzene rings is 2. The van der Waals surface area contributed by atoms with E-state index in [-0.39, 0.29) is 17.7 Å². The predicted molar refractivity (Wildman–Crippen MR) is 126 cm³/mol. The number of nitrogens with zero attached hydrogens (tertiary/aromatic N) is 3. The molecule has 162 valence electrons. The number of hydrogen-bond donors (Lipinski definition) is 0. The van der Waals surface area contributed by atoms with E-state index in [2.05, 4.69) is 23.7 Å². The highest BCUT2D eigenvalue weighted by Gasteiger charge is 2.32. The molecule has 0 bridgehead atoms. The predicted octanol–water partition coefficient (Wildman–Crippen LogP) is 4.08. The van der Waals surface area contributed by atoms with Crippen molar-refractivity contribution in [3.8, 4) is 11.1 Å².